The lowest BCUT2D eigenvalue weighted by atomic mass is 10.0. The fraction of sp³-hybridized carbons (Fsp3) is 0.167. The molecule has 0 spiro atoms. The Balaban J connectivity index is 1.67. The molecule has 0 saturated carbocycles. The molecule has 1 aromatic heterocycles. The molecular weight excluding hydrogens is 276 g/mol. The summed E-state index contributed by atoms with van der Waals surface area (Å²) in [6, 6.07) is 20.9. The molecule has 0 aliphatic carbocycles. The number of aromatic nitrogens is 1. The second-order valence-corrected chi connectivity index (χ2v) is 6.17. The van der Waals surface area contributed by atoms with Crippen molar-refractivity contribution in [2.45, 2.75) is 17.4 Å². The summed E-state index contributed by atoms with van der Waals surface area (Å²) in [4.78, 5) is 5.67. The van der Waals surface area contributed by atoms with Crippen LogP contribution in [-0.4, -0.2) is 16.8 Å². The summed E-state index contributed by atoms with van der Waals surface area (Å²) in [6.07, 6.45) is 2.75. The number of benzene rings is 2. The molecule has 0 fully saturated rings. The Morgan fingerprint density at radius 1 is 0.952 bits per heavy atom. The van der Waals surface area contributed by atoms with Crippen molar-refractivity contribution in [1.82, 2.24) is 4.98 Å². The number of nitrogens with zero attached hydrogens (tertiary/aromatic N) is 1. The summed E-state index contributed by atoms with van der Waals surface area (Å²) in [5, 5.41) is 1.21. The van der Waals surface area contributed by atoms with Crippen molar-refractivity contribution in [2.75, 3.05) is 5.75 Å². The minimum absolute atomic E-state index is 0.140. The third-order valence-electron chi connectivity index (χ3n) is 3.43. The normalized spacial score (nSPS) is 12.4. The van der Waals surface area contributed by atoms with Gasteiger partial charge in [-0.15, -0.1) is 11.8 Å². The first kappa shape index (κ1) is 14.1. The number of rotatable bonds is 5. The SMILES string of the molecule is NC(CSc1ccccc1)Cc1ccnc2ccccc12. The molecule has 21 heavy (non-hydrogen) atoms. The van der Waals surface area contributed by atoms with Crippen molar-refractivity contribution in [2.24, 2.45) is 5.73 Å². The predicted octanol–water partition coefficient (Wildman–Crippen LogP) is 3.90. The van der Waals surface area contributed by atoms with Gasteiger partial charge >= 0.3 is 0 Å². The predicted molar refractivity (Wildman–Crippen MR) is 90.6 cm³/mol. The minimum atomic E-state index is 0.140. The van der Waals surface area contributed by atoms with Gasteiger partial charge in [0.2, 0.25) is 0 Å². The number of nitrogens with two attached hydrogens (primary N) is 1. The number of hydrogen-bond acceptors (Lipinski definition) is 3. The average molecular weight is 294 g/mol. The third kappa shape index (κ3) is 3.63. The number of pyridine rings is 1. The van der Waals surface area contributed by atoms with Gasteiger partial charge in [0.25, 0.3) is 0 Å². The fourth-order valence-corrected chi connectivity index (χ4v) is 3.27. The van der Waals surface area contributed by atoms with Crippen molar-refractivity contribution >= 4 is 22.7 Å². The molecule has 3 rings (SSSR count). The lowest BCUT2D eigenvalue weighted by molar-refractivity contribution is 0.752. The van der Waals surface area contributed by atoms with E-state index < -0.39 is 0 Å². The van der Waals surface area contributed by atoms with Gasteiger partial charge in [-0.25, -0.2) is 0 Å². The van der Waals surface area contributed by atoms with Gasteiger partial charge in [-0.1, -0.05) is 36.4 Å². The Kier molecular flexibility index (Phi) is 4.53. The third-order valence-corrected chi connectivity index (χ3v) is 4.63. The summed E-state index contributed by atoms with van der Waals surface area (Å²) in [6.45, 7) is 0. The zero-order valence-electron chi connectivity index (χ0n) is 11.8. The fourth-order valence-electron chi connectivity index (χ4n) is 2.39. The number of fused-ring (bicyclic) bond motifs is 1. The maximum atomic E-state index is 6.30. The number of thioether (sulfide) groups is 1. The summed E-state index contributed by atoms with van der Waals surface area (Å²) in [5.41, 5.74) is 8.62. The molecule has 2 aromatic carbocycles. The standard InChI is InChI=1S/C18H18N2S/c19-15(13-21-16-6-2-1-3-7-16)12-14-10-11-20-18-9-5-4-8-17(14)18/h1-11,15H,12-13,19H2. The molecule has 1 heterocycles. The van der Waals surface area contributed by atoms with Crippen LogP contribution in [0, 0.1) is 0 Å². The van der Waals surface area contributed by atoms with Crippen molar-refractivity contribution in [3.63, 3.8) is 0 Å². The lowest BCUT2D eigenvalue weighted by Gasteiger charge is -2.13. The van der Waals surface area contributed by atoms with Crippen LogP contribution in [0.1, 0.15) is 5.56 Å². The summed E-state index contributed by atoms with van der Waals surface area (Å²) >= 11 is 1.81. The number of para-hydroxylation sites is 1. The van der Waals surface area contributed by atoms with Crippen LogP contribution in [0.25, 0.3) is 10.9 Å². The van der Waals surface area contributed by atoms with Crippen molar-refractivity contribution < 1.29 is 0 Å². The highest BCUT2D eigenvalue weighted by Gasteiger charge is 2.08. The monoisotopic (exact) mass is 294 g/mol. The first-order valence-electron chi connectivity index (χ1n) is 7.09. The largest absolute Gasteiger partial charge is 0.327 e. The molecular formula is C18H18N2S. The van der Waals surface area contributed by atoms with Crippen molar-refractivity contribution in [3.05, 3.63) is 72.4 Å². The summed E-state index contributed by atoms with van der Waals surface area (Å²) < 4.78 is 0. The van der Waals surface area contributed by atoms with E-state index >= 15 is 0 Å². The molecule has 0 radical (unpaired) electrons. The lowest BCUT2D eigenvalue weighted by Crippen LogP contribution is -2.25. The van der Waals surface area contributed by atoms with E-state index in [1.807, 2.05) is 36.2 Å². The molecule has 0 amide bonds. The molecule has 1 atom stereocenters. The zero-order valence-corrected chi connectivity index (χ0v) is 12.6. The van der Waals surface area contributed by atoms with Gasteiger partial charge in [-0.3, -0.25) is 4.98 Å². The maximum Gasteiger partial charge on any atom is 0.0704 e. The van der Waals surface area contributed by atoms with Gasteiger partial charge in [0.05, 0.1) is 5.52 Å². The zero-order chi connectivity index (χ0) is 14.5. The molecule has 1 unspecified atom stereocenters. The highest BCUT2D eigenvalue weighted by molar-refractivity contribution is 7.99. The van der Waals surface area contributed by atoms with Crippen molar-refractivity contribution in [3.8, 4) is 0 Å². The van der Waals surface area contributed by atoms with Gasteiger partial charge in [0, 0.05) is 28.3 Å². The van der Waals surface area contributed by atoms with Crippen LogP contribution in [0.4, 0.5) is 0 Å². The van der Waals surface area contributed by atoms with Gasteiger partial charge in [0.1, 0.15) is 0 Å². The second kappa shape index (κ2) is 6.74. The van der Waals surface area contributed by atoms with E-state index in [1.54, 1.807) is 0 Å². The minimum Gasteiger partial charge on any atom is -0.327 e. The first-order chi connectivity index (χ1) is 10.3. The van der Waals surface area contributed by atoms with E-state index in [1.165, 1.54) is 15.8 Å². The van der Waals surface area contributed by atoms with E-state index in [0.29, 0.717) is 0 Å². The van der Waals surface area contributed by atoms with Crippen LogP contribution in [0.2, 0.25) is 0 Å². The highest BCUT2D eigenvalue weighted by atomic mass is 32.2. The van der Waals surface area contributed by atoms with Crippen LogP contribution in [0.3, 0.4) is 0 Å². The molecule has 0 aliphatic rings. The second-order valence-electron chi connectivity index (χ2n) is 5.08. The molecule has 3 heteroatoms. The Hall–Kier alpha value is -1.84. The molecule has 0 aliphatic heterocycles. The first-order valence-corrected chi connectivity index (χ1v) is 8.07. The molecule has 3 aromatic rings. The van der Waals surface area contributed by atoms with Crippen LogP contribution >= 0.6 is 11.8 Å². The topological polar surface area (TPSA) is 38.9 Å². The van der Waals surface area contributed by atoms with E-state index in [0.717, 1.165) is 17.7 Å². The van der Waals surface area contributed by atoms with Crippen LogP contribution in [0.15, 0.2) is 71.8 Å². The number of hydrogen-bond donors (Lipinski definition) is 1. The van der Waals surface area contributed by atoms with Crippen molar-refractivity contribution in [1.29, 1.82) is 0 Å². The average Bonchev–Trinajstić information content (AvgIpc) is 2.54. The van der Waals surface area contributed by atoms with E-state index in [4.69, 9.17) is 5.73 Å². The van der Waals surface area contributed by atoms with Gasteiger partial charge in [-0.05, 0) is 36.2 Å². The Bertz CT molecular complexity index is 707. The molecule has 0 saturated heterocycles. The Labute approximate surface area is 129 Å². The van der Waals surface area contributed by atoms with Gasteiger partial charge < -0.3 is 5.73 Å². The smallest absolute Gasteiger partial charge is 0.0704 e. The van der Waals surface area contributed by atoms with Gasteiger partial charge in [-0.2, -0.15) is 0 Å². The Morgan fingerprint density at radius 3 is 2.57 bits per heavy atom. The maximum absolute atomic E-state index is 6.30. The van der Waals surface area contributed by atoms with Gasteiger partial charge in [0.15, 0.2) is 0 Å². The quantitative estimate of drug-likeness (QED) is 0.725. The highest BCUT2D eigenvalue weighted by Crippen LogP contribution is 2.21. The van der Waals surface area contributed by atoms with Crippen LogP contribution in [-0.2, 0) is 6.42 Å². The Morgan fingerprint density at radius 2 is 1.71 bits per heavy atom. The molecule has 106 valence electrons. The van der Waals surface area contributed by atoms with E-state index in [-0.39, 0.29) is 6.04 Å². The molecule has 2 nitrogen and oxygen atoms in total. The summed E-state index contributed by atoms with van der Waals surface area (Å²) in [7, 11) is 0. The van der Waals surface area contributed by atoms with Crippen LogP contribution < -0.4 is 5.73 Å². The van der Waals surface area contributed by atoms with E-state index in [2.05, 4.69) is 47.4 Å². The summed E-state index contributed by atoms with van der Waals surface area (Å²) in [5.74, 6) is 0.917. The molecule has 0 bridgehead atoms. The molecule has 2 N–H and O–H groups in total. The van der Waals surface area contributed by atoms with E-state index in [9.17, 15) is 0 Å². The van der Waals surface area contributed by atoms with Crippen LogP contribution in [0.5, 0.6) is 0 Å².